The van der Waals surface area contributed by atoms with Crippen molar-refractivity contribution < 1.29 is 9.18 Å². The molecule has 0 spiro atoms. The number of benzene rings is 3. The van der Waals surface area contributed by atoms with Crippen LogP contribution >= 0.6 is 35.4 Å². The highest BCUT2D eigenvalue weighted by Crippen LogP contribution is 2.22. The van der Waals surface area contributed by atoms with E-state index in [1.807, 2.05) is 36.4 Å². The Hall–Kier alpha value is -2.97. The molecule has 9 heteroatoms. The third kappa shape index (κ3) is 7.27. The fourth-order valence-corrected chi connectivity index (χ4v) is 4.60. The summed E-state index contributed by atoms with van der Waals surface area (Å²) in [6.45, 7) is 4.06. The molecular formula is C27H25Cl2FN4OS. The average molecular weight is 543 g/mol. The van der Waals surface area contributed by atoms with Crippen LogP contribution in [0.4, 0.5) is 15.8 Å². The lowest BCUT2D eigenvalue weighted by atomic mass is 10.1. The minimum Gasteiger partial charge on any atom is -0.369 e. The van der Waals surface area contributed by atoms with Crippen LogP contribution < -0.4 is 15.5 Å². The van der Waals surface area contributed by atoms with Crippen molar-refractivity contribution in [2.24, 2.45) is 0 Å². The Morgan fingerprint density at radius 1 is 1.00 bits per heavy atom. The van der Waals surface area contributed by atoms with Crippen LogP contribution in [0.5, 0.6) is 0 Å². The quantitative estimate of drug-likeness (QED) is 0.296. The maximum atomic E-state index is 13.9. The van der Waals surface area contributed by atoms with Gasteiger partial charge in [0, 0.05) is 65.8 Å². The van der Waals surface area contributed by atoms with Crippen molar-refractivity contribution in [3.8, 4) is 0 Å². The van der Waals surface area contributed by atoms with E-state index in [4.69, 9.17) is 35.4 Å². The number of nitrogens with one attached hydrogen (secondary N) is 2. The molecule has 1 aliphatic heterocycles. The van der Waals surface area contributed by atoms with E-state index >= 15 is 0 Å². The Morgan fingerprint density at radius 3 is 2.42 bits per heavy atom. The predicted molar refractivity (Wildman–Crippen MR) is 150 cm³/mol. The fourth-order valence-electron chi connectivity index (χ4n) is 3.91. The Labute approximate surface area is 225 Å². The summed E-state index contributed by atoms with van der Waals surface area (Å²) in [6, 6.07) is 19.8. The lowest BCUT2D eigenvalue weighted by Crippen LogP contribution is -2.46. The van der Waals surface area contributed by atoms with Gasteiger partial charge in [-0.1, -0.05) is 47.5 Å². The molecular weight excluding hydrogens is 518 g/mol. The van der Waals surface area contributed by atoms with Gasteiger partial charge in [0.15, 0.2) is 5.11 Å². The third-order valence-corrected chi connectivity index (χ3v) is 6.59. The highest BCUT2D eigenvalue weighted by Gasteiger charge is 2.18. The van der Waals surface area contributed by atoms with Gasteiger partial charge in [-0.05, 0) is 66.3 Å². The van der Waals surface area contributed by atoms with Crippen molar-refractivity contribution in [3.63, 3.8) is 0 Å². The van der Waals surface area contributed by atoms with Crippen LogP contribution in [-0.2, 0) is 11.3 Å². The SMILES string of the molecule is O=C(/C=C/c1ccc(Cl)cc1Cl)NC(=S)Nc1ccc(N2CCN(Cc3ccccc3F)CC2)cc1. The first-order valence-corrected chi connectivity index (χ1v) is 12.6. The summed E-state index contributed by atoms with van der Waals surface area (Å²) in [5, 5.41) is 6.82. The summed E-state index contributed by atoms with van der Waals surface area (Å²) in [5.41, 5.74) is 3.28. The van der Waals surface area contributed by atoms with E-state index in [-0.39, 0.29) is 16.8 Å². The van der Waals surface area contributed by atoms with E-state index in [9.17, 15) is 9.18 Å². The highest BCUT2D eigenvalue weighted by atomic mass is 35.5. The minimum atomic E-state index is -0.372. The predicted octanol–water partition coefficient (Wildman–Crippen LogP) is 5.98. The van der Waals surface area contributed by atoms with E-state index < -0.39 is 0 Å². The van der Waals surface area contributed by atoms with Gasteiger partial charge in [0.2, 0.25) is 5.91 Å². The molecule has 0 radical (unpaired) electrons. The second-order valence-electron chi connectivity index (χ2n) is 8.34. The lowest BCUT2D eigenvalue weighted by Gasteiger charge is -2.36. The van der Waals surface area contributed by atoms with Crippen molar-refractivity contribution in [2.45, 2.75) is 6.54 Å². The number of hydrogen-bond acceptors (Lipinski definition) is 4. The number of hydrogen-bond donors (Lipinski definition) is 2. The zero-order chi connectivity index (χ0) is 25.5. The van der Waals surface area contributed by atoms with E-state index in [2.05, 4.69) is 20.4 Å². The van der Waals surface area contributed by atoms with Crippen LogP contribution in [0.2, 0.25) is 10.0 Å². The molecule has 0 aliphatic carbocycles. The van der Waals surface area contributed by atoms with Gasteiger partial charge in [0.05, 0.1) is 0 Å². The molecule has 2 N–H and O–H groups in total. The van der Waals surface area contributed by atoms with Gasteiger partial charge in [-0.15, -0.1) is 0 Å². The van der Waals surface area contributed by atoms with E-state index in [1.54, 1.807) is 30.3 Å². The van der Waals surface area contributed by atoms with Crippen molar-refractivity contribution in [2.75, 3.05) is 36.4 Å². The molecule has 0 unspecified atom stereocenters. The molecule has 4 rings (SSSR count). The molecule has 1 saturated heterocycles. The maximum absolute atomic E-state index is 13.9. The Bertz CT molecular complexity index is 1260. The van der Waals surface area contributed by atoms with Gasteiger partial charge >= 0.3 is 0 Å². The average Bonchev–Trinajstić information content (AvgIpc) is 2.86. The molecule has 186 valence electrons. The van der Waals surface area contributed by atoms with Crippen molar-refractivity contribution >= 4 is 63.9 Å². The first kappa shape index (κ1) is 26.1. The summed E-state index contributed by atoms with van der Waals surface area (Å²) in [5.74, 6) is -0.525. The van der Waals surface area contributed by atoms with Gasteiger partial charge in [-0.3, -0.25) is 15.0 Å². The Kier molecular flexibility index (Phi) is 8.93. The zero-order valence-corrected chi connectivity index (χ0v) is 21.7. The van der Waals surface area contributed by atoms with Gasteiger partial charge in [-0.2, -0.15) is 0 Å². The number of nitrogens with zero attached hydrogens (tertiary/aromatic N) is 2. The summed E-state index contributed by atoms with van der Waals surface area (Å²) >= 11 is 17.3. The highest BCUT2D eigenvalue weighted by molar-refractivity contribution is 7.80. The number of amides is 1. The number of piperazine rings is 1. The Morgan fingerprint density at radius 2 is 1.72 bits per heavy atom. The second kappa shape index (κ2) is 12.3. The molecule has 36 heavy (non-hydrogen) atoms. The van der Waals surface area contributed by atoms with Gasteiger partial charge < -0.3 is 10.2 Å². The topological polar surface area (TPSA) is 47.6 Å². The number of rotatable bonds is 6. The standard InChI is InChI=1S/C27H25Cl2FN4OS/c28-21-7-5-19(24(29)17-21)6-12-26(35)32-27(36)31-22-8-10-23(11-9-22)34-15-13-33(14-16-34)18-20-3-1-2-4-25(20)30/h1-12,17H,13-16,18H2,(H2,31,32,35,36)/b12-6+. The van der Waals surface area contributed by atoms with E-state index in [1.165, 1.54) is 12.1 Å². The number of thiocarbonyl (C=S) groups is 1. The van der Waals surface area contributed by atoms with Crippen LogP contribution in [-0.4, -0.2) is 42.1 Å². The minimum absolute atomic E-state index is 0.154. The van der Waals surface area contributed by atoms with Crippen LogP contribution in [0.3, 0.4) is 0 Å². The van der Waals surface area contributed by atoms with Crippen LogP contribution in [0.25, 0.3) is 6.08 Å². The van der Waals surface area contributed by atoms with Gasteiger partial charge in [0.1, 0.15) is 5.82 Å². The van der Waals surface area contributed by atoms with Crippen LogP contribution in [0.1, 0.15) is 11.1 Å². The van der Waals surface area contributed by atoms with E-state index in [0.29, 0.717) is 22.2 Å². The molecule has 1 heterocycles. The molecule has 0 saturated carbocycles. The second-order valence-corrected chi connectivity index (χ2v) is 9.60. The Balaban J connectivity index is 1.24. The lowest BCUT2D eigenvalue weighted by molar-refractivity contribution is -0.115. The number of carbonyl (C=O) groups is 1. The maximum Gasteiger partial charge on any atom is 0.250 e. The monoisotopic (exact) mass is 542 g/mol. The molecule has 1 amide bonds. The molecule has 0 atom stereocenters. The summed E-state index contributed by atoms with van der Waals surface area (Å²) in [4.78, 5) is 16.8. The fraction of sp³-hybridized carbons (Fsp3) is 0.185. The summed E-state index contributed by atoms with van der Waals surface area (Å²) < 4.78 is 13.9. The largest absolute Gasteiger partial charge is 0.369 e. The van der Waals surface area contributed by atoms with Crippen LogP contribution in [0, 0.1) is 5.82 Å². The number of carbonyl (C=O) groups excluding carboxylic acids is 1. The van der Waals surface area contributed by atoms with Gasteiger partial charge in [-0.25, -0.2) is 4.39 Å². The van der Waals surface area contributed by atoms with Crippen molar-refractivity contribution in [3.05, 3.63) is 99.8 Å². The number of anilines is 2. The van der Waals surface area contributed by atoms with Gasteiger partial charge in [0.25, 0.3) is 0 Å². The molecule has 5 nitrogen and oxygen atoms in total. The molecule has 0 bridgehead atoms. The molecule has 1 fully saturated rings. The molecule has 3 aromatic carbocycles. The molecule has 1 aliphatic rings. The first-order chi connectivity index (χ1) is 17.4. The third-order valence-electron chi connectivity index (χ3n) is 5.83. The smallest absolute Gasteiger partial charge is 0.250 e. The summed E-state index contributed by atoms with van der Waals surface area (Å²) in [7, 11) is 0. The summed E-state index contributed by atoms with van der Waals surface area (Å²) in [6.07, 6.45) is 2.96. The molecule has 3 aromatic rings. The normalized spacial score (nSPS) is 14.1. The van der Waals surface area contributed by atoms with Crippen molar-refractivity contribution in [1.82, 2.24) is 10.2 Å². The van der Waals surface area contributed by atoms with Crippen LogP contribution in [0.15, 0.2) is 72.8 Å². The first-order valence-electron chi connectivity index (χ1n) is 11.4. The zero-order valence-electron chi connectivity index (χ0n) is 19.4. The molecule has 0 aromatic heterocycles. The number of halogens is 3. The van der Waals surface area contributed by atoms with E-state index in [0.717, 1.165) is 43.1 Å². The van der Waals surface area contributed by atoms with Crippen molar-refractivity contribution in [1.29, 1.82) is 0 Å².